The zero-order valence-corrected chi connectivity index (χ0v) is 33.4. The van der Waals surface area contributed by atoms with Crippen molar-refractivity contribution in [1.82, 2.24) is 25.3 Å². The van der Waals surface area contributed by atoms with Crippen molar-refractivity contribution in [2.45, 2.75) is 122 Å². The summed E-state index contributed by atoms with van der Waals surface area (Å²) in [5.41, 5.74) is 4.32. The number of β-amino-alcohol motifs (C(OH)–C–C–N with tert-alkyl or cyclic N) is 1. The van der Waals surface area contributed by atoms with Crippen molar-refractivity contribution >= 4 is 35.1 Å². The number of aliphatic hydroxyl groups is 1. The second kappa shape index (κ2) is 16.8. The molecule has 14 heteroatoms. The van der Waals surface area contributed by atoms with E-state index in [1.807, 2.05) is 84.3 Å². The van der Waals surface area contributed by atoms with Gasteiger partial charge in [0.15, 0.2) is 11.6 Å². The Hall–Kier alpha value is -4.01. The number of ether oxygens (including phenoxy) is 2. The lowest BCUT2D eigenvalue weighted by atomic mass is 9.91. The van der Waals surface area contributed by atoms with Crippen molar-refractivity contribution in [2.75, 3.05) is 37.6 Å². The second-order valence-electron chi connectivity index (χ2n) is 16.3. The van der Waals surface area contributed by atoms with E-state index in [-0.39, 0.29) is 55.0 Å². The molecule has 13 nitrogen and oxygen atoms in total. The summed E-state index contributed by atoms with van der Waals surface area (Å²) in [6, 6.07) is 8.80. The van der Waals surface area contributed by atoms with E-state index in [0.29, 0.717) is 24.7 Å². The molecule has 6 rings (SSSR count). The molecular formula is C40H56N6O7S. The molecule has 0 spiro atoms. The van der Waals surface area contributed by atoms with Crippen LogP contribution in [-0.2, 0) is 19.1 Å². The molecule has 3 amide bonds. The number of hydrogen-bond donors (Lipinski definition) is 2. The van der Waals surface area contributed by atoms with Crippen molar-refractivity contribution in [2.24, 2.45) is 5.92 Å². The predicted octanol–water partition coefficient (Wildman–Crippen LogP) is 6.07. The molecule has 54 heavy (non-hydrogen) atoms. The Morgan fingerprint density at radius 2 is 1.65 bits per heavy atom. The number of likely N-dealkylation sites (tertiary alicyclic amines) is 2. The first kappa shape index (κ1) is 39.7. The molecule has 1 aromatic carbocycles. The van der Waals surface area contributed by atoms with Gasteiger partial charge in [0.2, 0.25) is 11.8 Å². The Morgan fingerprint density at radius 3 is 2.24 bits per heavy atom. The summed E-state index contributed by atoms with van der Waals surface area (Å²) < 4.78 is 17.8. The summed E-state index contributed by atoms with van der Waals surface area (Å²) in [7, 11) is 0. The van der Waals surface area contributed by atoms with Crippen LogP contribution in [0, 0.1) is 12.8 Å². The number of aryl methyl sites for hydroxylation is 1. The fraction of sp³-hybridized carbons (Fsp3) is 0.625. The van der Waals surface area contributed by atoms with E-state index in [9.17, 15) is 19.5 Å². The molecule has 0 radical (unpaired) electrons. The molecule has 0 unspecified atom stereocenters. The summed E-state index contributed by atoms with van der Waals surface area (Å²) >= 11 is 1.59. The van der Waals surface area contributed by atoms with Crippen molar-refractivity contribution in [3.8, 4) is 10.4 Å². The van der Waals surface area contributed by atoms with E-state index >= 15 is 0 Å². The van der Waals surface area contributed by atoms with Gasteiger partial charge in [-0.25, -0.2) is 9.78 Å². The third kappa shape index (κ3) is 9.43. The SMILES string of the molecule is Cc1ncsc1-c1ccc([C@H](C)NC(=O)[C@@H]2C[C@@H](O)CN2C(=O)[C@H](c2cc(N3CCC(OC4CCN(C(=O)OC(C)(C)C)CC4)CC3)no2)C(C)C)cc1. The van der Waals surface area contributed by atoms with Crippen molar-refractivity contribution < 1.29 is 33.5 Å². The van der Waals surface area contributed by atoms with Crippen LogP contribution in [0.4, 0.5) is 10.6 Å². The van der Waals surface area contributed by atoms with Gasteiger partial charge in [-0.2, -0.15) is 0 Å². The van der Waals surface area contributed by atoms with Crippen molar-refractivity contribution in [3.63, 3.8) is 0 Å². The highest BCUT2D eigenvalue weighted by atomic mass is 32.1. The lowest BCUT2D eigenvalue weighted by Crippen LogP contribution is -2.48. The molecule has 3 aliphatic rings. The molecule has 0 bridgehead atoms. The Morgan fingerprint density at radius 1 is 1.00 bits per heavy atom. The number of anilines is 1. The number of carbonyl (C=O) groups excluding carboxylic acids is 3. The molecule has 3 aromatic rings. The van der Waals surface area contributed by atoms with Gasteiger partial charge in [-0.3, -0.25) is 9.59 Å². The number of amides is 3. The van der Waals surface area contributed by atoms with E-state index in [1.54, 1.807) is 16.2 Å². The van der Waals surface area contributed by atoms with Gasteiger partial charge >= 0.3 is 6.09 Å². The highest BCUT2D eigenvalue weighted by Gasteiger charge is 2.44. The topological polar surface area (TPSA) is 151 Å². The molecule has 2 N–H and O–H groups in total. The third-order valence-corrected chi connectivity index (χ3v) is 11.6. The minimum absolute atomic E-state index is 0.0754. The smallest absolute Gasteiger partial charge is 0.410 e. The Balaban J connectivity index is 1.02. The number of nitrogens with one attached hydrogen (secondary N) is 1. The Kier molecular flexibility index (Phi) is 12.3. The molecule has 3 saturated heterocycles. The summed E-state index contributed by atoms with van der Waals surface area (Å²) in [6.45, 7) is 16.2. The summed E-state index contributed by atoms with van der Waals surface area (Å²) in [5.74, 6) is -0.237. The number of benzene rings is 1. The summed E-state index contributed by atoms with van der Waals surface area (Å²) in [5, 5.41) is 18.1. The van der Waals surface area contributed by atoms with Crippen molar-refractivity contribution in [3.05, 3.63) is 52.9 Å². The molecule has 0 aliphatic carbocycles. The van der Waals surface area contributed by atoms with E-state index in [1.165, 1.54) is 4.90 Å². The van der Waals surface area contributed by atoms with Gasteiger partial charge in [0.1, 0.15) is 17.6 Å². The third-order valence-electron chi connectivity index (χ3n) is 10.6. The molecule has 0 saturated carbocycles. The minimum Gasteiger partial charge on any atom is -0.444 e. The molecule has 4 atom stereocenters. The molecule has 3 fully saturated rings. The van der Waals surface area contributed by atoms with E-state index in [2.05, 4.69) is 20.4 Å². The second-order valence-corrected chi connectivity index (χ2v) is 17.2. The minimum atomic E-state index is -0.805. The maximum atomic E-state index is 14.2. The average Bonchev–Trinajstić information content (AvgIpc) is 3.88. The van der Waals surface area contributed by atoms with Crippen LogP contribution in [0.25, 0.3) is 10.4 Å². The van der Waals surface area contributed by atoms with Gasteiger partial charge in [0.25, 0.3) is 0 Å². The monoisotopic (exact) mass is 764 g/mol. The van der Waals surface area contributed by atoms with Crippen LogP contribution in [0.2, 0.25) is 0 Å². The zero-order valence-electron chi connectivity index (χ0n) is 32.6. The van der Waals surface area contributed by atoms with Crippen LogP contribution in [0.15, 0.2) is 40.4 Å². The highest BCUT2D eigenvalue weighted by molar-refractivity contribution is 7.13. The quantitative estimate of drug-likeness (QED) is 0.249. The normalized spacial score (nSPS) is 21.4. The maximum Gasteiger partial charge on any atom is 0.410 e. The van der Waals surface area contributed by atoms with E-state index in [0.717, 1.165) is 60.5 Å². The number of aromatic nitrogens is 2. The predicted molar refractivity (Wildman–Crippen MR) is 206 cm³/mol. The lowest BCUT2D eigenvalue weighted by molar-refractivity contribution is -0.141. The van der Waals surface area contributed by atoms with Gasteiger partial charge in [0.05, 0.1) is 40.4 Å². The molecular weight excluding hydrogens is 709 g/mol. The first-order chi connectivity index (χ1) is 25.7. The fourth-order valence-corrected chi connectivity index (χ4v) is 8.50. The van der Waals surface area contributed by atoms with Crippen molar-refractivity contribution in [1.29, 1.82) is 0 Å². The van der Waals surface area contributed by atoms with Gasteiger partial charge in [-0.05, 0) is 77.3 Å². The molecule has 3 aliphatic heterocycles. The number of piperidine rings is 2. The number of hydrogen-bond acceptors (Lipinski definition) is 11. The molecule has 2 aromatic heterocycles. The molecule has 5 heterocycles. The summed E-state index contributed by atoms with van der Waals surface area (Å²) in [4.78, 5) is 51.2. The maximum absolute atomic E-state index is 14.2. The number of rotatable bonds is 10. The van der Waals surface area contributed by atoms with E-state index in [4.69, 9.17) is 14.0 Å². The lowest BCUT2D eigenvalue weighted by Gasteiger charge is -2.37. The largest absolute Gasteiger partial charge is 0.444 e. The fourth-order valence-electron chi connectivity index (χ4n) is 7.68. The standard InChI is InChI=1S/C40H56N6O7S/c1-24(2)35(33-21-34(43-53-33)44-16-12-30(13-17-44)51-31-14-18-45(19-15-31)39(50)52-40(5,6)7)38(49)46-22-29(47)20-32(46)37(48)42-25(3)27-8-10-28(11-9-27)36-26(4)41-23-54-36/h8-11,21,23-25,29-32,35,47H,12-20,22H2,1-7H3,(H,42,48)/t25-,29+,32-,35-/m0/s1. The average molecular weight is 765 g/mol. The van der Waals surface area contributed by atoms with Gasteiger partial charge in [-0.1, -0.05) is 43.3 Å². The first-order valence-electron chi connectivity index (χ1n) is 19.3. The van der Waals surface area contributed by atoms with Crippen LogP contribution in [0.3, 0.4) is 0 Å². The molecule has 294 valence electrons. The van der Waals surface area contributed by atoms with Crippen LogP contribution in [0.1, 0.15) is 103 Å². The van der Waals surface area contributed by atoms with Crippen LogP contribution in [0.5, 0.6) is 0 Å². The Bertz CT molecular complexity index is 1740. The van der Waals surface area contributed by atoms with Gasteiger partial charge in [-0.15, -0.1) is 11.3 Å². The number of nitrogens with zero attached hydrogens (tertiary/aromatic N) is 5. The summed E-state index contributed by atoms with van der Waals surface area (Å²) in [6.07, 6.45) is 2.56. The number of carbonyl (C=O) groups is 3. The van der Waals surface area contributed by atoms with Gasteiger partial charge in [0, 0.05) is 45.2 Å². The van der Waals surface area contributed by atoms with Crippen LogP contribution < -0.4 is 10.2 Å². The first-order valence-corrected chi connectivity index (χ1v) is 20.2. The van der Waals surface area contributed by atoms with E-state index < -0.39 is 23.7 Å². The number of thiazole rings is 1. The van der Waals surface area contributed by atoms with Crippen LogP contribution >= 0.6 is 11.3 Å². The van der Waals surface area contributed by atoms with Gasteiger partial charge < -0.3 is 39.1 Å². The zero-order chi connectivity index (χ0) is 38.7. The number of aliphatic hydroxyl groups excluding tert-OH is 1. The highest BCUT2D eigenvalue weighted by Crippen LogP contribution is 2.34. The Labute approximate surface area is 322 Å². The van der Waals surface area contributed by atoms with Crippen LogP contribution in [-0.4, -0.2) is 106 Å².